The molecule has 1 N–H and O–H groups in total. The Labute approximate surface area is 165 Å². The fraction of sp³-hybridized carbons (Fsp3) is 0.333. The van der Waals surface area contributed by atoms with Crippen LogP contribution in [0.15, 0.2) is 53.4 Å². The van der Waals surface area contributed by atoms with Crippen LogP contribution in [0.3, 0.4) is 0 Å². The van der Waals surface area contributed by atoms with Crippen LogP contribution in [0.25, 0.3) is 0 Å². The van der Waals surface area contributed by atoms with E-state index in [0.717, 1.165) is 31.2 Å². The van der Waals surface area contributed by atoms with Crippen molar-refractivity contribution in [1.82, 2.24) is 4.72 Å². The summed E-state index contributed by atoms with van der Waals surface area (Å²) in [6, 6.07) is 12.8. The molecule has 0 aromatic heterocycles. The predicted octanol–water partition coefficient (Wildman–Crippen LogP) is 3.12. The van der Waals surface area contributed by atoms with Crippen LogP contribution in [-0.4, -0.2) is 32.8 Å². The SMILES string of the molecule is CCCc1ccc(C(=O)COC(=O)c2cccc(S(=O)(=O)NC3CC3)c2)cc1. The van der Waals surface area contributed by atoms with Gasteiger partial charge in [-0.3, -0.25) is 4.79 Å². The minimum atomic E-state index is -3.66. The number of aryl methyl sites for hydroxylation is 1. The molecule has 0 amide bonds. The first kappa shape index (κ1) is 20.2. The lowest BCUT2D eigenvalue weighted by atomic mass is 10.1. The average Bonchev–Trinajstić information content (AvgIpc) is 3.50. The average molecular weight is 401 g/mol. The molecule has 148 valence electrons. The summed E-state index contributed by atoms with van der Waals surface area (Å²) in [6.45, 7) is 1.68. The number of ether oxygens (including phenoxy) is 1. The number of nitrogens with one attached hydrogen (secondary N) is 1. The fourth-order valence-electron chi connectivity index (χ4n) is 2.72. The lowest BCUT2D eigenvalue weighted by Gasteiger charge is -2.08. The smallest absolute Gasteiger partial charge is 0.338 e. The Morgan fingerprint density at radius 2 is 1.79 bits per heavy atom. The molecule has 0 spiro atoms. The number of esters is 1. The van der Waals surface area contributed by atoms with Gasteiger partial charge in [-0.15, -0.1) is 0 Å². The van der Waals surface area contributed by atoms with Crippen molar-refractivity contribution in [2.75, 3.05) is 6.61 Å². The number of benzene rings is 2. The molecule has 2 aromatic rings. The number of Topliss-reactive ketones (excluding diaryl/α,β-unsaturated/α-hetero) is 1. The van der Waals surface area contributed by atoms with Crippen molar-refractivity contribution in [1.29, 1.82) is 0 Å². The second-order valence-corrected chi connectivity index (χ2v) is 8.58. The first-order valence-corrected chi connectivity index (χ1v) is 10.8. The second kappa shape index (κ2) is 8.67. The van der Waals surface area contributed by atoms with E-state index in [-0.39, 0.29) is 22.3 Å². The Kier molecular flexibility index (Phi) is 6.26. The van der Waals surface area contributed by atoms with Crippen molar-refractivity contribution in [2.24, 2.45) is 0 Å². The highest BCUT2D eigenvalue weighted by Gasteiger charge is 2.28. The van der Waals surface area contributed by atoms with Crippen LogP contribution in [0.5, 0.6) is 0 Å². The Morgan fingerprint density at radius 3 is 2.43 bits per heavy atom. The Morgan fingerprint density at radius 1 is 1.07 bits per heavy atom. The third-order valence-corrected chi connectivity index (χ3v) is 5.95. The van der Waals surface area contributed by atoms with Crippen LogP contribution >= 0.6 is 0 Å². The molecule has 0 bridgehead atoms. The van der Waals surface area contributed by atoms with Gasteiger partial charge in [0, 0.05) is 11.6 Å². The fourth-order valence-corrected chi connectivity index (χ4v) is 4.07. The number of carbonyl (C=O) groups excluding carboxylic acids is 2. The van der Waals surface area contributed by atoms with E-state index < -0.39 is 22.6 Å². The molecule has 2 aromatic carbocycles. The molecule has 1 aliphatic carbocycles. The van der Waals surface area contributed by atoms with Gasteiger partial charge >= 0.3 is 5.97 Å². The Balaban J connectivity index is 1.61. The van der Waals surface area contributed by atoms with Crippen LogP contribution in [0, 0.1) is 0 Å². The summed E-state index contributed by atoms with van der Waals surface area (Å²) in [7, 11) is -3.66. The van der Waals surface area contributed by atoms with E-state index in [1.165, 1.54) is 24.3 Å². The summed E-state index contributed by atoms with van der Waals surface area (Å²) in [5, 5.41) is 0. The lowest BCUT2D eigenvalue weighted by molar-refractivity contribution is 0.0474. The summed E-state index contributed by atoms with van der Waals surface area (Å²) in [4.78, 5) is 24.5. The summed E-state index contributed by atoms with van der Waals surface area (Å²) < 4.78 is 32.2. The van der Waals surface area contributed by atoms with Gasteiger partial charge in [-0.1, -0.05) is 43.7 Å². The number of carbonyl (C=O) groups is 2. The van der Waals surface area contributed by atoms with Gasteiger partial charge in [-0.2, -0.15) is 0 Å². The molecule has 3 rings (SSSR count). The standard InChI is InChI=1S/C21H23NO5S/c1-2-4-15-7-9-16(10-8-15)20(23)14-27-21(24)17-5-3-6-19(13-17)28(25,26)22-18-11-12-18/h3,5-10,13,18,22H,2,4,11-12,14H2,1H3. The van der Waals surface area contributed by atoms with Crippen molar-refractivity contribution < 1.29 is 22.7 Å². The van der Waals surface area contributed by atoms with E-state index in [1.54, 1.807) is 12.1 Å². The second-order valence-electron chi connectivity index (χ2n) is 6.87. The van der Waals surface area contributed by atoms with E-state index in [0.29, 0.717) is 5.56 Å². The van der Waals surface area contributed by atoms with E-state index in [9.17, 15) is 18.0 Å². The van der Waals surface area contributed by atoms with Gasteiger partial charge in [0.1, 0.15) is 0 Å². The highest BCUT2D eigenvalue weighted by molar-refractivity contribution is 7.89. The topological polar surface area (TPSA) is 89.5 Å². The highest BCUT2D eigenvalue weighted by atomic mass is 32.2. The summed E-state index contributed by atoms with van der Waals surface area (Å²) >= 11 is 0. The molecule has 0 unspecified atom stereocenters. The van der Waals surface area contributed by atoms with Gasteiger partial charge in [0.15, 0.2) is 12.4 Å². The molecule has 28 heavy (non-hydrogen) atoms. The maximum absolute atomic E-state index is 12.3. The van der Waals surface area contributed by atoms with Crippen molar-refractivity contribution in [3.05, 3.63) is 65.2 Å². The predicted molar refractivity (Wildman–Crippen MR) is 105 cm³/mol. The van der Waals surface area contributed by atoms with Gasteiger partial charge < -0.3 is 4.74 Å². The lowest BCUT2D eigenvalue weighted by Crippen LogP contribution is -2.26. The van der Waals surface area contributed by atoms with Crippen molar-refractivity contribution >= 4 is 21.8 Å². The zero-order valence-corrected chi connectivity index (χ0v) is 16.5. The van der Waals surface area contributed by atoms with Gasteiger partial charge in [-0.25, -0.2) is 17.9 Å². The number of hydrogen-bond donors (Lipinski definition) is 1. The van der Waals surface area contributed by atoms with Crippen LogP contribution < -0.4 is 4.72 Å². The summed E-state index contributed by atoms with van der Waals surface area (Å²) in [5.74, 6) is -1.05. The molecule has 0 heterocycles. The van der Waals surface area contributed by atoms with Crippen LogP contribution in [-0.2, 0) is 21.2 Å². The van der Waals surface area contributed by atoms with Gasteiger partial charge in [-0.05, 0) is 43.0 Å². The molecule has 0 aliphatic heterocycles. The summed E-state index contributed by atoms with van der Waals surface area (Å²) in [5.41, 5.74) is 1.70. The van der Waals surface area contributed by atoms with Gasteiger partial charge in [0.05, 0.1) is 10.5 Å². The quantitative estimate of drug-likeness (QED) is 0.515. The van der Waals surface area contributed by atoms with E-state index in [4.69, 9.17) is 4.74 Å². The molecular formula is C21H23NO5S. The molecular weight excluding hydrogens is 378 g/mol. The Hall–Kier alpha value is -2.51. The molecule has 1 aliphatic rings. The molecule has 1 fully saturated rings. The molecule has 6 nitrogen and oxygen atoms in total. The first-order chi connectivity index (χ1) is 13.4. The van der Waals surface area contributed by atoms with Gasteiger partial charge in [0.25, 0.3) is 0 Å². The first-order valence-electron chi connectivity index (χ1n) is 9.30. The van der Waals surface area contributed by atoms with E-state index in [2.05, 4.69) is 11.6 Å². The molecule has 1 saturated carbocycles. The van der Waals surface area contributed by atoms with Crippen molar-refractivity contribution in [3.8, 4) is 0 Å². The van der Waals surface area contributed by atoms with Crippen molar-refractivity contribution in [3.63, 3.8) is 0 Å². The van der Waals surface area contributed by atoms with Crippen LogP contribution in [0.1, 0.15) is 52.5 Å². The number of hydrogen-bond acceptors (Lipinski definition) is 5. The monoisotopic (exact) mass is 401 g/mol. The summed E-state index contributed by atoms with van der Waals surface area (Å²) in [6.07, 6.45) is 3.61. The minimum absolute atomic E-state index is 0.00619. The van der Waals surface area contributed by atoms with Crippen LogP contribution in [0.2, 0.25) is 0 Å². The molecule has 0 radical (unpaired) electrons. The Bertz CT molecular complexity index is 963. The van der Waals surface area contributed by atoms with Crippen LogP contribution in [0.4, 0.5) is 0 Å². The third kappa shape index (κ3) is 5.27. The van der Waals surface area contributed by atoms with Gasteiger partial charge in [0.2, 0.25) is 10.0 Å². The zero-order valence-electron chi connectivity index (χ0n) is 15.7. The third-order valence-electron chi connectivity index (χ3n) is 4.43. The number of rotatable bonds is 9. The normalized spacial score (nSPS) is 13.9. The maximum atomic E-state index is 12.3. The minimum Gasteiger partial charge on any atom is -0.454 e. The van der Waals surface area contributed by atoms with E-state index in [1.807, 2.05) is 12.1 Å². The highest BCUT2D eigenvalue weighted by Crippen LogP contribution is 2.22. The molecule has 0 atom stereocenters. The molecule has 7 heteroatoms. The molecule has 0 saturated heterocycles. The van der Waals surface area contributed by atoms with Crippen molar-refractivity contribution in [2.45, 2.75) is 43.5 Å². The largest absolute Gasteiger partial charge is 0.454 e. The number of ketones is 1. The zero-order chi connectivity index (χ0) is 20.1. The maximum Gasteiger partial charge on any atom is 0.338 e. The van der Waals surface area contributed by atoms with E-state index >= 15 is 0 Å². The number of sulfonamides is 1.